The van der Waals surface area contributed by atoms with Gasteiger partial charge in [-0.1, -0.05) is 12.1 Å². The van der Waals surface area contributed by atoms with Gasteiger partial charge in [-0.15, -0.1) is 12.4 Å². The minimum atomic E-state index is 0. The van der Waals surface area contributed by atoms with E-state index in [1.807, 2.05) is 18.2 Å². The van der Waals surface area contributed by atoms with Gasteiger partial charge in [0.1, 0.15) is 0 Å². The Morgan fingerprint density at radius 2 is 2.29 bits per heavy atom. The van der Waals surface area contributed by atoms with Gasteiger partial charge in [0.2, 0.25) is 0 Å². The zero-order chi connectivity index (χ0) is 9.10. The van der Waals surface area contributed by atoms with Gasteiger partial charge in [-0.3, -0.25) is 0 Å². The highest BCUT2D eigenvalue weighted by Crippen LogP contribution is 2.22. The van der Waals surface area contributed by atoms with Crippen molar-refractivity contribution in [2.45, 2.75) is 12.3 Å². The number of nitrogens with zero attached hydrogens (tertiary/aromatic N) is 1. The van der Waals surface area contributed by atoms with Gasteiger partial charge in [-0.25, -0.2) is 0 Å². The zero-order valence-corrected chi connectivity index (χ0v) is 8.68. The van der Waals surface area contributed by atoms with E-state index in [1.165, 1.54) is 12.0 Å². The first-order valence-electron chi connectivity index (χ1n) is 4.61. The second kappa shape index (κ2) is 4.99. The molecule has 14 heavy (non-hydrogen) atoms. The molecule has 3 heteroatoms. The van der Waals surface area contributed by atoms with E-state index >= 15 is 0 Å². The zero-order valence-electron chi connectivity index (χ0n) is 7.86. The van der Waals surface area contributed by atoms with Crippen molar-refractivity contribution in [3.63, 3.8) is 0 Å². The van der Waals surface area contributed by atoms with Crippen LogP contribution in [-0.4, -0.2) is 13.1 Å². The summed E-state index contributed by atoms with van der Waals surface area (Å²) in [4.78, 5) is 0. The van der Waals surface area contributed by atoms with Crippen molar-refractivity contribution in [3.05, 3.63) is 35.4 Å². The molecule has 1 aromatic carbocycles. The van der Waals surface area contributed by atoms with Crippen LogP contribution in [0.3, 0.4) is 0 Å². The molecule has 0 spiro atoms. The third kappa shape index (κ3) is 2.25. The van der Waals surface area contributed by atoms with Crippen molar-refractivity contribution < 1.29 is 0 Å². The molecule has 74 valence electrons. The fourth-order valence-electron chi connectivity index (χ4n) is 1.80. The number of nitrogens with one attached hydrogen (secondary N) is 1. The number of nitriles is 1. The van der Waals surface area contributed by atoms with E-state index in [4.69, 9.17) is 5.26 Å². The lowest BCUT2D eigenvalue weighted by atomic mass is 9.97. The van der Waals surface area contributed by atoms with Crippen LogP contribution in [0.1, 0.15) is 23.5 Å². The van der Waals surface area contributed by atoms with Crippen molar-refractivity contribution in [2.75, 3.05) is 13.1 Å². The second-order valence-electron chi connectivity index (χ2n) is 3.43. The summed E-state index contributed by atoms with van der Waals surface area (Å²) in [5.74, 6) is 0.605. The smallest absolute Gasteiger partial charge is 0.0991 e. The predicted octanol–water partition coefficient (Wildman–Crippen LogP) is 2.06. The molecule has 1 heterocycles. The Bertz CT molecular complexity index is 337. The van der Waals surface area contributed by atoms with E-state index in [-0.39, 0.29) is 12.4 Å². The second-order valence-corrected chi connectivity index (χ2v) is 3.43. The minimum absolute atomic E-state index is 0. The van der Waals surface area contributed by atoms with E-state index in [0.717, 1.165) is 18.7 Å². The Morgan fingerprint density at radius 1 is 1.43 bits per heavy atom. The summed E-state index contributed by atoms with van der Waals surface area (Å²) in [7, 11) is 0. The highest BCUT2D eigenvalue weighted by molar-refractivity contribution is 5.85. The van der Waals surface area contributed by atoms with E-state index in [9.17, 15) is 0 Å². The molecule has 1 N–H and O–H groups in total. The molecule has 1 fully saturated rings. The van der Waals surface area contributed by atoms with Crippen LogP contribution in [0.25, 0.3) is 0 Å². The van der Waals surface area contributed by atoms with Crippen molar-refractivity contribution >= 4 is 12.4 Å². The molecule has 2 rings (SSSR count). The van der Waals surface area contributed by atoms with Crippen LogP contribution < -0.4 is 5.32 Å². The highest BCUT2D eigenvalue weighted by Gasteiger charge is 2.16. The Labute approximate surface area is 90.3 Å². The summed E-state index contributed by atoms with van der Waals surface area (Å²) in [6.07, 6.45) is 1.19. The Hall–Kier alpha value is -1.04. The van der Waals surface area contributed by atoms with Gasteiger partial charge in [0.25, 0.3) is 0 Å². The van der Waals surface area contributed by atoms with Crippen molar-refractivity contribution in [1.29, 1.82) is 5.26 Å². The maximum Gasteiger partial charge on any atom is 0.0991 e. The maximum absolute atomic E-state index is 8.74. The van der Waals surface area contributed by atoms with Gasteiger partial charge in [-0.05, 0) is 36.6 Å². The Kier molecular flexibility index (Phi) is 3.94. The van der Waals surface area contributed by atoms with E-state index in [1.54, 1.807) is 0 Å². The first-order valence-corrected chi connectivity index (χ1v) is 4.61. The highest BCUT2D eigenvalue weighted by atomic mass is 35.5. The molecule has 1 saturated heterocycles. The largest absolute Gasteiger partial charge is 0.316 e. The minimum Gasteiger partial charge on any atom is -0.316 e. The number of hydrogen-bond donors (Lipinski definition) is 1. The fraction of sp³-hybridized carbons (Fsp3) is 0.364. The average Bonchev–Trinajstić information content (AvgIpc) is 2.71. The molecule has 0 amide bonds. The molecule has 0 aromatic heterocycles. The number of halogens is 1. The summed E-state index contributed by atoms with van der Waals surface area (Å²) < 4.78 is 0. The lowest BCUT2D eigenvalue weighted by Gasteiger charge is -2.07. The summed E-state index contributed by atoms with van der Waals surface area (Å²) >= 11 is 0. The predicted molar refractivity (Wildman–Crippen MR) is 58.6 cm³/mol. The SMILES string of the molecule is Cl.N#Cc1cccc(C2CCNC2)c1. The molecule has 1 atom stereocenters. The van der Waals surface area contributed by atoms with Gasteiger partial charge in [0, 0.05) is 6.54 Å². The van der Waals surface area contributed by atoms with Crippen molar-refractivity contribution in [1.82, 2.24) is 5.32 Å². The molecule has 1 aliphatic rings. The third-order valence-corrected chi connectivity index (χ3v) is 2.55. The summed E-state index contributed by atoms with van der Waals surface area (Å²) in [5, 5.41) is 12.1. The fourth-order valence-corrected chi connectivity index (χ4v) is 1.80. The van der Waals surface area contributed by atoms with Gasteiger partial charge in [0.15, 0.2) is 0 Å². The molecule has 1 unspecified atom stereocenters. The number of rotatable bonds is 1. The Morgan fingerprint density at radius 3 is 2.93 bits per heavy atom. The molecule has 0 aliphatic carbocycles. The van der Waals surface area contributed by atoms with Crippen LogP contribution in [-0.2, 0) is 0 Å². The average molecular weight is 209 g/mol. The quantitative estimate of drug-likeness (QED) is 0.767. The maximum atomic E-state index is 8.74. The molecule has 0 bridgehead atoms. The molecular formula is C11H13ClN2. The van der Waals surface area contributed by atoms with E-state index in [2.05, 4.69) is 17.5 Å². The number of hydrogen-bond acceptors (Lipinski definition) is 2. The lowest BCUT2D eigenvalue weighted by Crippen LogP contribution is -2.07. The van der Waals surface area contributed by atoms with Gasteiger partial charge in [-0.2, -0.15) is 5.26 Å². The topological polar surface area (TPSA) is 35.8 Å². The van der Waals surface area contributed by atoms with Crippen LogP contribution in [0.4, 0.5) is 0 Å². The Balaban J connectivity index is 0.000000980. The van der Waals surface area contributed by atoms with Crippen molar-refractivity contribution in [2.24, 2.45) is 0 Å². The first kappa shape index (κ1) is 11.0. The molecule has 0 saturated carbocycles. The molecule has 0 radical (unpaired) electrons. The van der Waals surface area contributed by atoms with Gasteiger partial charge in [0.05, 0.1) is 11.6 Å². The van der Waals surface area contributed by atoms with Crippen LogP contribution in [0.2, 0.25) is 0 Å². The standard InChI is InChI=1S/C11H12N2.ClH/c12-7-9-2-1-3-10(6-9)11-4-5-13-8-11;/h1-3,6,11,13H,4-5,8H2;1H. The summed E-state index contributed by atoms with van der Waals surface area (Å²) in [6.45, 7) is 2.15. The summed E-state index contributed by atoms with van der Waals surface area (Å²) in [6, 6.07) is 10.1. The van der Waals surface area contributed by atoms with Gasteiger partial charge < -0.3 is 5.32 Å². The van der Waals surface area contributed by atoms with E-state index < -0.39 is 0 Å². The van der Waals surface area contributed by atoms with Gasteiger partial charge >= 0.3 is 0 Å². The molecule has 1 aliphatic heterocycles. The van der Waals surface area contributed by atoms with Crippen LogP contribution in [0.15, 0.2) is 24.3 Å². The first-order chi connectivity index (χ1) is 6.40. The monoisotopic (exact) mass is 208 g/mol. The van der Waals surface area contributed by atoms with Crippen LogP contribution in [0, 0.1) is 11.3 Å². The summed E-state index contributed by atoms with van der Waals surface area (Å²) in [5.41, 5.74) is 2.06. The molecule has 1 aromatic rings. The van der Waals surface area contributed by atoms with Crippen molar-refractivity contribution in [3.8, 4) is 6.07 Å². The third-order valence-electron chi connectivity index (χ3n) is 2.55. The number of benzene rings is 1. The van der Waals surface area contributed by atoms with E-state index in [0.29, 0.717) is 5.92 Å². The van der Waals surface area contributed by atoms with Crippen LogP contribution >= 0.6 is 12.4 Å². The lowest BCUT2D eigenvalue weighted by molar-refractivity contribution is 0.763. The molecular weight excluding hydrogens is 196 g/mol. The molecule has 2 nitrogen and oxygen atoms in total. The normalized spacial score (nSPS) is 19.8. The van der Waals surface area contributed by atoms with Crippen LogP contribution in [0.5, 0.6) is 0 Å².